The maximum atomic E-state index is 6.58. The predicted molar refractivity (Wildman–Crippen MR) is 255 cm³/mol. The molecule has 336 valence electrons. The first kappa shape index (κ1) is 47.3. The fourth-order valence-electron chi connectivity index (χ4n) is 7.36. The van der Waals surface area contributed by atoms with Crippen molar-refractivity contribution in [3.8, 4) is 23.0 Å². The Balaban J connectivity index is 1.13. The Morgan fingerprint density at radius 3 is 1.38 bits per heavy atom. The summed E-state index contributed by atoms with van der Waals surface area (Å²) in [6, 6.07) is 19.3. The van der Waals surface area contributed by atoms with Crippen molar-refractivity contribution in [2.24, 2.45) is 22.3 Å². The van der Waals surface area contributed by atoms with E-state index in [9.17, 15) is 0 Å². The molecule has 0 amide bonds. The lowest BCUT2D eigenvalue weighted by atomic mass is 9.84. The van der Waals surface area contributed by atoms with Gasteiger partial charge in [-0.1, -0.05) is 63.0 Å². The van der Waals surface area contributed by atoms with E-state index in [0.717, 1.165) is 70.0 Å². The van der Waals surface area contributed by atoms with E-state index in [1.807, 2.05) is 48.5 Å². The highest BCUT2D eigenvalue weighted by atomic mass is 35.5. The number of anilines is 4. The van der Waals surface area contributed by atoms with Gasteiger partial charge in [-0.05, 0) is 110 Å². The number of aromatic nitrogens is 4. The third-order valence-corrected chi connectivity index (χ3v) is 11.0. The van der Waals surface area contributed by atoms with Gasteiger partial charge in [0.05, 0.1) is 51.7 Å². The Morgan fingerprint density at radius 1 is 0.556 bits per heavy atom. The van der Waals surface area contributed by atoms with E-state index in [0.29, 0.717) is 97.0 Å². The summed E-state index contributed by atoms with van der Waals surface area (Å²) in [4.78, 5) is 18.3. The Bertz CT molecular complexity index is 2300. The molecule has 2 heterocycles. The number of rotatable bonds is 24. The monoisotopic (exact) mass is 898 g/mol. The highest BCUT2D eigenvalue weighted by Gasteiger charge is 2.26. The minimum atomic E-state index is -0.233. The summed E-state index contributed by atoms with van der Waals surface area (Å²) in [5.41, 5.74) is 16.2. The maximum absolute atomic E-state index is 6.58. The Hall–Kier alpha value is -5.18. The molecule has 0 saturated carbocycles. The van der Waals surface area contributed by atoms with Crippen molar-refractivity contribution < 1.29 is 23.7 Å². The summed E-state index contributed by atoms with van der Waals surface area (Å²) in [6.45, 7) is 12.2. The van der Waals surface area contributed by atoms with Crippen LogP contribution in [0.3, 0.4) is 0 Å². The molecule has 0 saturated heterocycles. The van der Waals surface area contributed by atoms with Gasteiger partial charge in [-0.3, -0.25) is 0 Å². The molecule has 0 aliphatic heterocycles. The Morgan fingerprint density at radius 2 is 0.984 bits per heavy atom. The number of unbranched alkanes of at least 4 members (excludes halogenated alkanes) is 2. The molecule has 0 unspecified atom stereocenters. The van der Waals surface area contributed by atoms with E-state index >= 15 is 0 Å². The number of fused-ring (bicyclic) bond motifs is 2. The van der Waals surface area contributed by atoms with Crippen LogP contribution in [0.5, 0.6) is 23.0 Å². The van der Waals surface area contributed by atoms with Gasteiger partial charge in [0, 0.05) is 44.3 Å². The summed E-state index contributed by atoms with van der Waals surface area (Å²) in [5, 5.41) is 9.92. The molecule has 63 heavy (non-hydrogen) atoms. The lowest BCUT2D eigenvalue weighted by molar-refractivity contribution is 0.0155. The van der Waals surface area contributed by atoms with Crippen LogP contribution >= 0.6 is 23.2 Å². The summed E-state index contributed by atoms with van der Waals surface area (Å²) >= 11 is 13.2. The fraction of sp³-hybridized carbons (Fsp3) is 0.417. The SMILES string of the molecule is COc1cc2ncnc(Nc3cc(Cl)ccc3CC(C)(C)COCC(C)(C)Cc3ccc(Cl)cc3Nc3ncnc4cc(OC)c(OCCCCN)cc34)c2cc1OCCCCN. The zero-order chi connectivity index (χ0) is 45.0. The van der Waals surface area contributed by atoms with Crippen molar-refractivity contribution in [3.63, 3.8) is 0 Å². The van der Waals surface area contributed by atoms with Gasteiger partial charge in [-0.25, -0.2) is 19.9 Å². The van der Waals surface area contributed by atoms with Crippen LogP contribution in [0.15, 0.2) is 73.3 Å². The van der Waals surface area contributed by atoms with Crippen LogP contribution in [-0.4, -0.2) is 73.7 Å². The minimum absolute atomic E-state index is 0.233. The first-order valence-electron chi connectivity index (χ1n) is 21.3. The minimum Gasteiger partial charge on any atom is -0.493 e. The largest absolute Gasteiger partial charge is 0.493 e. The van der Waals surface area contributed by atoms with Gasteiger partial charge >= 0.3 is 0 Å². The number of methoxy groups -OCH3 is 2. The number of nitrogens with one attached hydrogen (secondary N) is 2. The standard InChI is InChI=1S/C48H60Cl2N8O5/c1-47(2,25-31-11-13-33(49)19-37(31)57-45-35-21-43(62-17-9-7-15-51)41(59-5)23-39(35)53-29-55-45)27-61-28-48(3,4)26-32-12-14-34(50)20-38(32)58-46-36-22-44(63-18-10-8-16-52)42(60-6)24-40(36)54-30-56-46/h11-14,19-24,29-30H,7-10,15-18,25-28,51-52H2,1-6H3,(H,53,55,57)(H,54,56,58). The van der Waals surface area contributed by atoms with Crippen LogP contribution in [0, 0.1) is 10.8 Å². The quantitative estimate of drug-likeness (QED) is 0.0423. The van der Waals surface area contributed by atoms with E-state index in [-0.39, 0.29) is 10.8 Å². The number of ether oxygens (including phenoxy) is 5. The van der Waals surface area contributed by atoms with Crippen LogP contribution in [0.4, 0.5) is 23.0 Å². The zero-order valence-corrected chi connectivity index (χ0v) is 38.7. The van der Waals surface area contributed by atoms with Gasteiger partial charge < -0.3 is 45.8 Å². The van der Waals surface area contributed by atoms with E-state index in [1.165, 1.54) is 12.7 Å². The van der Waals surface area contributed by atoms with Gasteiger partial charge in [0.15, 0.2) is 23.0 Å². The number of nitrogens with zero attached hydrogens (tertiary/aromatic N) is 4. The summed E-state index contributed by atoms with van der Waals surface area (Å²) in [7, 11) is 3.24. The lowest BCUT2D eigenvalue weighted by Gasteiger charge is -2.30. The number of halogens is 2. The van der Waals surface area contributed by atoms with Gasteiger partial charge in [0.25, 0.3) is 0 Å². The normalized spacial score (nSPS) is 11.8. The molecule has 0 fully saturated rings. The van der Waals surface area contributed by atoms with E-state index in [4.69, 9.17) is 58.4 Å². The van der Waals surface area contributed by atoms with Crippen LogP contribution in [0.2, 0.25) is 10.0 Å². The van der Waals surface area contributed by atoms with Crippen LogP contribution < -0.4 is 41.0 Å². The fourth-order valence-corrected chi connectivity index (χ4v) is 7.70. The molecule has 0 radical (unpaired) electrons. The van der Waals surface area contributed by atoms with E-state index < -0.39 is 0 Å². The molecule has 0 spiro atoms. The first-order valence-corrected chi connectivity index (χ1v) is 22.1. The van der Waals surface area contributed by atoms with Gasteiger partial charge in [-0.15, -0.1) is 0 Å². The number of hydrogen-bond acceptors (Lipinski definition) is 13. The Kier molecular flexibility index (Phi) is 16.5. The molecule has 6 aromatic rings. The molecule has 0 bridgehead atoms. The summed E-state index contributed by atoms with van der Waals surface area (Å²) in [5.74, 6) is 3.70. The van der Waals surface area contributed by atoms with Crippen LogP contribution in [0.25, 0.3) is 21.8 Å². The summed E-state index contributed by atoms with van der Waals surface area (Å²) in [6.07, 6.45) is 7.92. The predicted octanol–water partition coefficient (Wildman–Crippen LogP) is 10.5. The number of hydrogen-bond donors (Lipinski definition) is 4. The van der Waals surface area contributed by atoms with Crippen molar-refractivity contribution in [2.75, 3.05) is 64.4 Å². The average molecular weight is 900 g/mol. The molecule has 15 heteroatoms. The van der Waals surface area contributed by atoms with Gasteiger partial charge in [0.1, 0.15) is 24.3 Å². The molecule has 0 aliphatic carbocycles. The second kappa shape index (κ2) is 21.9. The maximum Gasteiger partial charge on any atom is 0.162 e. The van der Waals surface area contributed by atoms with E-state index in [1.54, 1.807) is 14.2 Å². The van der Waals surface area contributed by atoms with Gasteiger partial charge in [0.2, 0.25) is 0 Å². The molecule has 0 aliphatic rings. The lowest BCUT2D eigenvalue weighted by Crippen LogP contribution is -2.28. The number of benzene rings is 4. The topological polar surface area (TPSA) is 174 Å². The first-order chi connectivity index (χ1) is 30.3. The smallest absolute Gasteiger partial charge is 0.162 e. The van der Waals surface area contributed by atoms with Crippen molar-refractivity contribution in [2.45, 2.75) is 66.2 Å². The molecule has 6 rings (SSSR count). The van der Waals surface area contributed by atoms with Crippen LogP contribution in [-0.2, 0) is 17.6 Å². The zero-order valence-electron chi connectivity index (χ0n) is 37.2. The van der Waals surface area contributed by atoms with E-state index in [2.05, 4.69) is 70.4 Å². The average Bonchev–Trinajstić information content (AvgIpc) is 3.25. The van der Waals surface area contributed by atoms with Gasteiger partial charge in [-0.2, -0.15) is 0 Å². The highest BCUT2D eigenvalue weighted by molar-refractivity contribution is 6.31. The second-order valence-electron chi connectivity index (χ2n) is 17.2. The molecular formula is C48H60Cl2N8O5. The van der Waals surface area contributed by atoms with Crippen molar-refractivity contribution in [1.29, 1.82) is 0 Å². The molecule has 2 aromatic heterocycles. The number of nitrogens with two attached hydrogens (primary N) is 2. The molecule has 4 aromatic carbocycles. The Labute approximate surface area is 380 Å². The summed E-state index contributed by atoms with van der Waals surface area (Å²) < 4.78 is 30.0. The third-order valence-electron chi connectivity index (χ3n) is 10.5. The van der Waals surface area contributed by atoms with Crippen LogP contribution in [0.1, 0.15) is 64.5 Å². The van der Waals surface area contributed by atoms with Crippen molar-refractivity contribution in [3.05, 3.63) is 94.5 Å². The molecule has 0 atom stereocenters. The van der Waals surface area contributed by atoms with Crippen molar-refractivity contribution >= 4 is 68.0 Å². The molecule has 6 N–H and O–H groups in total. The molecular weight excluding hydrogens is 839 g/mol. The molecule has 13 nitrogen and oxygen atoms in total. The third kappa shape index (κ3) is 13.0. The van der Waals surface area contributed by atoms with Crippen molar-refractivity contribution in [1.82, 2.24) is 19.9 Å². The second-order valence-corrected chi connectivity index (χ2v) is 18.1. The highest BCUT2D eigenvalue weighted by Crippen LogP contribution is 2.39.